The van der Waals surface area contributed by atoms with Crippen molar-refractivity contribution in [3.63, 3.8) is 0 Å². The number of esters is 1. The SMILES string of the molecule is COc1ccc(CCOC(=O)c2ccccc2[N+](=O)[O-])cc1. The molecule has 0 aliphatic rings. The molecule has 6 nitrogen and oxygen atoms in total. The van der Waals surface area contributed by atoms with Gasteiger partial charge < -0.3 is 9.47 Å². The van der Waals surface area contributed by atoms with Gasteiger partial charge >= 0.3 is 5.97 Å². The molecule has 0 bridgehead atoms. The zero-order valence-electron chi connectivity index (χ0n) is 12.0. The van der Waals surface area contributed by atoms with Gasteiger partial charge in [-0.3, -0.25) is 10.1 Å². The van der Waals surface area contributed by atoms with Crippen molar-refractivity contribution in [3.8, 4) is 5.75 Å². The zero-order chi connectivity index (χ0) is 15.9. The molecule has 2 aromatic rings. The van der Waals surface area contributed by atoms with Gasteiger partial charge in [0.1, 0.15) is 11.3 Å². The number of nitro benzene ring substituents is 1. The molecule has 0 aliphatic carbocycles. The predicted octanol–water partition coefficient (Wildman–Crippen LogP) is 3.00. The van der Waals surface area contributed by atoms with E-state index in [1.807, 2.05) is 24.3 Å². The van der Waals surface area contributed by atoms with E-state index in [0.717, 1.165) is 11.3 Å². The number of benzene rings is 2. The monoisotopic (exact) mass is 301 g/mol. The Labute approximate surface area is 127 Å². The summed E-state index contributed by atoms with van der Waals surface area (Å²) in [4.78, 5) is 22.2. The van der Waals surface area contributed by atoms with E-state index in [2.05, 4.69) is 0 Å². The Morgan fingerprint density at radius 1 is 1.14 bits per heavy atom. The number of carbonyl (C=O) groups is 1. The summed E-state index contributed by atoms with van der Waals surface area (Å²) in [7, 11) is 1.59. The van der Waals surface area contributed by atoms with Crippen molar-refractivity contribution in [3.05, 3.63) is 69.8 Å². The minimum atomic E-state index is -0.694. The second-order valence-electron chi connectivity index (χ2n) is 4.51. The standard InChI is InChI=1S/C16H15NO5/c1-21-13-8-6-12(7-9-13)10-11-22-16(18)14-4-2-3-5-15(14)17(19)20/h2-9H,10-11H2,1H3. The first-order valence-corrected chi connectivity index (χ1v) is 6.65. The minimum Gasteiger partial charge on any atom is -0.497 e. The summed E-state index contributed by atoms with van der Waals surface area (Å²) in [5.41, 5.74) is 0.690. The van der Waals surface area contributed by atoms with Gasteiger partial charge in [0.15, 0.2) is 0 Å². The lowest BCUT2D eigenvalue weighted by molar-refractivity contribution is -0.385. The lowest BCUT2D eigenvalue weighted by Crippen LogP contribution is -2.10. The smallest absolute Gasteiger partial charge is 0.345 e. The van der Waals surface area contributed by atoms with E-state index < -0.39 is 10.9 Å². The summed E-state index contributed by atoms with van der Waals surface area (Å²) in [5, 5.41) is 10.9. The summed E-state index contributed by atoms with van der Waals surface area (Å²) < 4.78 is 10.2. The van der Waals surface area contributed by atoms with Gasteiger partial charge in [-0.2, -0.15) is 0 Å². The second kappa shape index (κ2) is 7.21. The van der Waals surface area contributed by atoms with Gasteiger partial charge in [0.25, 0.3) is 5.69 Å². The highest BCUT2D eigenvalue weighted by atomic mass is 16.6. The number of hydrogen-bond acceptors (Lipinski definition) is 5. The van der Waals surface area contributed by atoms with E-state index in [-0.39, 0.29) is 17.9 Å². The Balaban J connectivity index is 1.94. The maximum absolute atomic E-state index is 11.9. The molecule has 0 atom stereocenters. The van der Waals surface area contributed by atoms with Gasteiger partial charge in [0.2, 0.25) is 0 Å². The molecular weight excluding hydrogens is 286 g/mol. The van der Waals surface area contributed by atoms with Crippen LogP contribution in [0, 0.1) is 10.1 Å². The number of methoxy groups -OCH3 is 1. The Hall–Kier alpha value is -2.89. The average molecular weight is 301 g/mol. The average Bonchev–Trinajstić information content (AvgIpc) is 2.55. The van der Waals surface area contributed by atoms with Gasteiger partial charge in [0.05, 0.1) is 18.6 Å². The largest absolute Gasteiger partial charge is 0.497 e. The molecule has 6 heteroatoms. The third-order valence-electron chi connectivity index (χ3n) is 3.10. The minimum absolute atomic E-state index is 0.0396. The Morgan fingerprint density at radius 2 is 1.82 bits per heavy atom. The van der Waals surface area contributed by atoms with Crippen LogP contribution in [0.2, 0.25) is 0 Å². The van der Waals surface area contributed by atoms with Gasteiger partial charge in [-0.1, -0.05) is 24.3 Å². The summed E-state index contributed by atoms with van der Waals surface area (Å²) >= 11 is 0. The molecule has 2 aromatic carbocycles. The van der Waals surface area contributed by atoms with E-state index in [9.17, 15) is 14.9 Å². The maximum atomic E-state index is 11.9. The first-order valence-electron chi connectivity index (χ1n) is 6.65. The van der Waals surface area contributed by atoms with Crippen molar-refractivity contribution in [2.45, 2.75) is 6.42 Å². The van der Waals surface area contributed by atoms with Crippen LogP contribution in [-0.4, -0.2) is 24.6 Å². The lowest BCUT2D eigenvalue weighted by atomic mass is 10.1. The highest BCUT2D eigenvalue weighted by Gasteiger charge is 2.20. The van der Waals surface area contributed by atoms with Crippen molar-refractivity contribution in [1.82, 2.24) is 0 Å². The summed E-state index contributed by atoms with van der Waals surface area (Å²) in [6, 6.07) is 13.1. The fraction of sp³-hybridized carbons (Fsp3) is 0.188. The van der Waals surface area contributed by atoms with E-state index >= 15 is 0 Å². The topological polar surface area (TPSA) is 78.7 Å². The van der Waals surface area contributed by atoms with Crippen molar-refractivity contribution < 1.29 is 19.2 Å². The first-order chi connectivity index (χ1) is 10.6. The third-order valence-corrected chi connectivity index (χ3v) is 3.10. The maximum Gasteiger partial charge on any atom is 0.345 e. The second-order valence-corrected chi connectivity index (χ2v) is 4.51. The Kier molecular flexibility index (Phi) is 5.08. The van der Waals surface area contributed by atoms with E-state index in [1.165, 1.54) is 18.2 Å². The number of hydrogen-bond donors (Lipinski definition) is 0. The molecule has 114 valence electrons. The van der Waals surface area contributed by atoms with Crippen LogP contribution in [0.3, 0.4) is 0 Å². The Bertz CT molecular complexity index is 666. The number of rotatable bonds is 6. The van der Waals surface area contributed by atoms with Crippen LogP contribution >= 0.6 is 0 Å². The summed E-state index contributed by atoms with van der Waals surface area (Å²) in [5.74, 6) is 0.0569. The molecule has 0 radical (unpaired) electrons. The van der Waals surface area contributed by atoms with Gasteiger partial charge in [-0.05, 0) is 23.8 Å². The molecule has 0 N–H and O–H groups in total. The molecule has 0 fully saturated rings. The molecule has 0 saturated heterocycles. The predicted molar refractivity (Wildman–Crippen MR) is 80.1 cm³/mol. The number of nitrogens with zero attached hydrogens (tertiary/aromatic N) is 1. The number of carbonyl (C=O) groups excluding carboxylic acids is 1. The molecule has 2 rings (SSSR count). The van der Waals surface area contributed by atoms with Crippen molar-refractivity contribution in [2.24, 2.45) is 0 Å². The van der Waals surface area contributed by atoms with Gasteiger partial charge in [-0.25, -0.2) is 4.79 Å². The van der Waals surface area contributed by atoms with Crippen LogP contribution in [0.1, 0.15) is 15.9 Å². The van der Waals surface area contributed by atoms with E-state index in [1.54, 1.807) is 13.2 Å². The highest BCUT2D eigenvalue weighted by Crippen LogP contribution is 2.18. The fourth-order valence-electron chi connectivity index (χ4n) is 1.94. The molecule has 0 saturated carbocycles. The van der Waals surface area contributed by atoms with Crippen LogP contribution in [0.15, 0.2) is 48.5 Å². The molecule has 0 spiro atoms. The van der Waals surface area contributed by atoms with Gasteiger partial charge in [-0.15, -0.1) is 0 Å². The molecule has 0 amide bonds. The quantitative estimate of drug-likeness (QED) is 0.465. The van der Waals surface area contributed by atoms with Gasteiger partial charge in [0, 0.05) is 12.5 Å². The van der Waals surface area contributed by atoms with Crippen molar-refractivity contribution in [1.29, 1.82) is 0 Å². The molecular formula is C16H15NO5. The molecule has 0 aliphatic heterocycles. The summed E-state index contributed by atoms with van der Waals surface area (Å²) in [6.45, 7) is 0.150. The zero-order valence-corrected chi connectivity index (χ0v) is 12.0. The number of para-hydroxylation sites is 1. The van der Waals surface area contributed by atoms with E-state index in [4.69, 9.17) is 9.47 Å². The normalized spacial score (nSPS) is 10.0. The van der Waals surface area contributed by atoms with E-state index in [0.29, 0.717) is 6.42 Å². The van der Waals surface area contributed by atoms with Crippen LogP contribution in [0.25, 0.3) is 0 Å². The number of nitro groups is 1. The van der Waals surface area contributed by atoms with Crippen LogP contribution < -0.4 is 4.74 Å². The first kappa shape index (κ1) is 15.5. The molecule has 0 heterocycles. The van der Waals surface area contributed by atoms with Crippen molar-refractivity contribution >= 4 is 11.7 Å². The third kappa shape index (κ3) is 3.82. The van der Waals surface area contributed by atoms with Crippen LogP contribution in [-0.2, 0) is 11.2 Å². The lowest BCUT2D eigenvalue weighted by Gasteiger charge is -2.06. The molecule has 22 heavy (non-hydrogen) atoms. The highest BCUT2D eigenvalue weighted by molar-refractivity contribution is 5.93. The van der Waals surface area contributed by atoms with Crippen LogP contribution in [0.4, 0.5) is 5.69 Å². The number of ether oxygens (including phenoxy) is 2. The molecule has 0 unspecified atom stereocenters. The van der Waals surface area contributed by atoms with Crippen LogP contribution in [0.5, 0.6) is 5.75 Å². The molecule has 0 aromatic heterocycles. The van der Waals surface area contributed by atoms with Crippen molar-refractivity contribution in [2.75, 3.05) is 13.7 Å². The summed E-state index contributed by atoms with van der Waals surface area (Å²) in [6.07, 6.45) is 0.524. The fourth-order valence-corrected chi connectivity index (χ4v) is 1.94. The Morgan fingerprint density at radius 3 is 2.45 bits per heavy atom.